The summed E-state index contributed by atoms with van der Waals surface area (Å²) in [7, 11) is 0. The number of carbonyl (C=O) groups is 6. The monoisotopic (exact) mass is 1780 g/mol. The number of likely N-dealkylation sites (tertiary alicyclic amines) is 5. The number of hydrogen-bond donors (Lipinski definition) is 5. The second-order valence-corrected chi connectivity index (χ2v) is 36.0. The fourth-order valence-corrected chi connectivity index (χ4v) is 15.4. The summed E-state index contributed by atoms with van der Waals surface area (Å²) in [6.07, 6.45) is 13.2. The number of nitrogens with one attached hydrogen (secondary N) is 3. The number of fused-ring (bicyclic) bond motifs is 8. The summed E-state index contributed by atoms with van der Waals surface area (Å²) >= 11 is 0. The van der Waals surface area contributed by atoms with E-state index in [0.29, 0.717) is 13.1 Å². The zero-order valence-corrected chi connectivity index (χ0v) is 82.2. The van der Waals surface area contributed by atoms with E-state index in [2.05, 4.69) is 123 Å². The van der Waals surface area contributed by atoms with Gasteiger partial charge >= 0.3 is 30.5 Å². The molecule has 0 atom stereocenters. The van der Waals surface area contributed by atoms with Crippen LogP contribution in [0.15, 0.2) is 168 Å². The summed E-state index contributed by atoms with van der Waals surface area (Å²) in [4.78, 5) is 88.8. The number of rotatable bonds is 2. The van der Waals surface area contributed by atoms with Gasteiger partial charge in [-0.15, -0.1) is 0 Å². The normalized spacial score (nSPS) is 16.5. The van der Waals surface area contributed by atoms with Gasteiger partial charge in [0.2, 0.25) is 0 Å². The molecule has 15 rings (SSSR count). The minimum absolute atomic E-state index is 0. The van der Waals surface area contributed by atoms with Crippen molar-refractivity contribution in [3.63, 3.8) is 0 Å². The van der Waals surface area contributed by atoms with Crippen LogP contribution in [0.25, 0.3) is 0 Å². The van der Waals surface area contributed by atoms with Crippen molar-refractivity contribution in [2.75, 3.05) is 100 Å². The predicted octanol–water partition coefficient (Wildman–Crippen LogP) is 25.6. The van der Waals surface area contributed by atoms with E-state index in [1.807, 2.05) is 279 Å². The largest absolute Gasteiger partial charge is 0.444 e. The van der Waals surface area contributed by atoms with Crippen LogP contribution in [0.3, 0.4) is 0 Å². The van der Waals surface area contributed by atoms with Crippen molar-refractivity contribution in [2.45, 2.75) is 316 Å². The van der Waals surface area contributed by atoms with Gasteiger partial charge in [-0.1, -0.05) is 207 Å². The molecule has 6 aromatic rings. The number of hydrazine groups is 1. The highest BCUT2D eigenvalue weighted by Crippen LogP contribution is 2.48. The van der Waals surface area contributed by atoms with Crippen molar-refractivity contribution in [3.05, 3.63) is 180 Å². The molecule has 5 amide bonds. The third-order valence-electron chi connectivity index (χ3n) is 21.5. The standard InChI is InChI=1S/2C17H24N2O2.2C17H22N2O2.C11H19NO3.C6H8N2.C6H7N.6C2H6.2CH4/c4*1-16(2,3)21-15(20)19-10-8-17(9-11-19)12-18-14-7-5-4-6-13(14)17;1-11(2,3)15-10(14)12-6-4-9(8-13)5-7-12;7-8-6-4-2-1-3-5-6;7-6-4-2-1-3-5-6;6*1-2;;/h2*4-7,18H,8-12H2,1-3H3;2*4-7,12H,8-11H2,1-3H3;8-9H,4-7H2,1-3H3;1-5,8H,7H2;1-5H,7H2;6*1-2H3;2*1H4. The van der Waals surface area contributed by atoms with Crippen LogP contribution in [0, 0.1) is 5.92 Å². The van der Waals surface area contributed by atoms with E-state index in [0.717, 1.165) is 159 Å². The summed E-state index contributed by atoms with van der Waals surface area (Å²) in [5.41, 5.74) is 17.9. The molecule has 128 heavy (non-hydrogen) atoms. The van der Waals surface area contributed by atoms with E-state index in [9.17, 15) is 28.8 Å². The number of nitrogens with two attached hydrogens (primary N) is 2. The molecule has 0 bridgehead atoms. The number of anilines is 4. The molecule has 5 saturated heterocycles. The summed E-state index contributed by atoms with van der Waals surface area (Å²) in [6, 6.07) is 52.8. The molecule has 9 aliphatic heterocycles. The molecule has 0 radical (unpaired) electrons. The van der Waals surface area contributed by atoms with Crippen LogP contribution < -0.4 is 27.6 Å². The second-order valence-electron chi connectivity index (χ2n) is 36.0. The van der Waals surface area contributed by atoms with Gasteiger partial charge in [0.25, 0.3) is 0 Å². The van der Waals surface area contributed by atoms with Gasteiger partial charge < -0.3 is 74.8 Å². The molecular weight excluding hydrogens is 1610 g/mol. The third-order valence-corrected chi connectivity index (χ3v) is 21.5. The number of para-hydroxylation sites is 6. The number of hydrogen-bond acceptors (Lipinski definition) is 18. The third kappa shape index (κ3) is 36.4. The highest BCUT2D eigenvalue weighted by Gasteiger charge is 2.46. The van der Waals surface area contributed by atoms with E-state index in [1.54, 1.807) is 4.90 Å². The van der Waals surface area contributed by atoms with Crippen LogP contribution in [0.4, 0.5) is 58.1 Å². The minimum Gasteiger partial charge on any atom is -0.444 e. The molecule has 7 N–H and O–H groups in total. The molecule has 23 heteroatoms. The summed E-state index contributed by atoms with van der Waals surface area (Å²) in [5, 5.41) is 7.02. The Balaban J connectivity index is 0.000000745. The van der Waals surface area contributed by atoms with Crippen LogP contribution in [0.5, 0.6) is 0 Å². The average molecular weight is 1780 g/mol. The van der Waals surface area contributed by atoms with Crippen molar-refractivity contribution < 1.29 is 52.5 Å². The number of nitrogen functional groups attached to an aromatic ring is 2. The van der Waals surface area contributed by atoms with Gasteiger partial charge in [-0.2, -0.15) is 0 Å². The maximum absolute atomic E-state index is 12.2. The number of amides is 5. The molecule has 9 aliphatic rings. The van der Waals surface area contributed by atoms with Gasteiger partial charge in [-0.25, -0.2) is 24.0 Å². The lowest BCUT2D eigenvalue weighted by atomic mass is 9.74. The fraction of sp³-hybridized carbons (Fsp3) is 0.581. The van der Waals surface area contributed by atoms with E-state index >= 15 is 0 Å². The van der Waals surface area contributed by atoms with Crippen LogP contribution in [-0.2, 0) is 50.1 Å². The second kappa shape index (κ2) is 55.7. The quantitative estimate of drug-likeness (QED) is 0.0354. The molecule has 0 aliphatic carbocycles. The average Bonchev–Trinajstić information content (AvgIpc) is 1.63. The molecule has 0 unspecified atom stereocenters. The van der Waals surface area contributed by atoms with E-state index in [-0.39, 0.29) is 72.9 Å². The highest BCUT2D eigenvalue weighted by molar-refractivity contribution is 5.87. The topological polar surface area (TPSA) is 278 Å². The van der Waals surface area contributed by atoms with Gasteiger partial charge in [0.1, 0.15) is 34.3 Å². The number of piperidine rings is 5. The molecule has 4 spiro atoms. The maximum Gasteiger partial charge on any atom is 0.410 e. The van der Waals surface area contributed by atoms with Crippen LogP contribution in [0.2, 0.25) is 0 Å². The number of carbonyl (C=O) groups excluding carboxylic acids is 6. The summed E-state index contributed by atoms with van der Waals surface area (Å²) in [6.45, 7) is 61.6. The van der Waals surface area contributed by atoms with Crippen LogP contribution in [0.1, 0.15) is 288 Å². The Morgan fingerprint density at radius 2 is 0.602 bits per heavy atom. The molecule has 9 heterocycles. The molecule has 716 valence electrons. The van der Waals surface area contributed by atoms with Gasteiger partial charge in [0.15, 0.2) is 0 Å². The highest BCUT2D eigenvalue weighted by atomic mass is 16.6. The molecular formula is C105H170N12O11. The minimum atomic E-state index is -0.446. The van der Waals surface area contributed by atoms with Crippen molar-refractivity contribution in [1.29, 1.82) is 0 Å². The Bertz CT molecular complexity index is 4000. The zero-order valence-electron chi connectivity index (χ0n) is 82.2. The number of aldehydes is 1. The van der Waals surface area contributed by atoms with Crippen molar-refractivity contribution in [3.8, 4) is 0 Å². The Morgan fingerprint density at radius 1 is 0.359 bits per heavy atom. The number of nitrogens with zero attached hydrogens (tertiary/aromatic N) is 7. The number of benzene rings is 6. The molecule has 23 nitrogen and oxygen atoms in total. The van der Waals surface area contributed by atoms with Crippen LogP contribution >= 0.6 is 0 Å². The van der Waals surface area contributed by atoms with Crippen molar-refractivity contribution >= 4 is 83.3 Å². The first kappa shape index (κ1) is 116. The Hall–Kier alpha value is -10.2. The first-order valence-corrected chi connectivity index (χ1v) is 46.5. The predicted molar refractivity (Wildman–Crippen MR) is 537 cm³/mol. The summed E-state index contributed by atoms with van der Waals surface area (Å²) < 4.78 is 27.1. The van der Waals surface area contributed by atoms with Gasteiger partial charge in [-0.05, 0) is 239 Å². The van der Waals surface area contributed by atoms with Gasteiger partial charge in [0, 0.05) is 141 Å². The molecule has 0 saturated carbocycles. The number of ether oxygens (including phenoxy) is 5. The zero-order chi connectivity index (χ0) is 94.8. The Labute approximate surface area is 773 Å². The lowest BCUT2D eigenvalue weighted by Crippen LogP contribution is -2.47. The first-order valence-electron chi connectivity index (χ1n) is 46.5. The first-order chi connectivity index (χ1) is 59.8. The molecule has 0 aromatic heterocycles. The van der Waals surface area contributed by atoms with Crippen molar-refractivity contribution in [1.82, 2.24) is 24.5 Å². The Kier molecular flexibility index (Phi) is 50.4. The smallest absolute Gasteiger partial charge is 0.410 e. The van der Waals surface area contributed by atoms with Crippen molar-refractivity contribution in [2.24, 2.45) is 21.7 Å². The SMILES string of the molecule is C.C.CC.CC.CC.CC.CC.CC.CC(C)(C)OC(=O)N1CCC(C=O)CC1.CC(C)(C)OC(=O)N1CCC2(C=Nc3ccccc32)CC1.CC(C)(C)OC(=O)N1CCC2(C=Nc3ccccc32)CC1.CC(C)(C)OC(=O)N1CCC2(CC1)CNc1ccccc12.CC(C)(C)OC(=O)N1CCC2(CC1)CNc1ccccc12.NNc1ccccc1.Nc1ccccc1. The lowest BCUT2D eigenvalue weighted by Gasteiger charge is -2.39. The lowest BCUT2D eigenvalue weighted by molar-refractivity contribution is -0.112. The van der Waals surface area contributed by atoms with E-state index in [1.165, 1.54) is 33.6 Å². The fourth-order valence-electron chi connectivity index (χ4n) is 15.4. The maximum atomic E-state index is 12.2. The molecule has 6 aromatic carbocycles. The van der Waals surface area contributed by atoms with Crippen LogP contribution in [-0.4, -0.2) is 180 Å². The van der Waals surface area contributed by atoms with E-state index in [4.69, 9.17) is 35.3 Å². The number of aliphatic imine (C=N–C) groups is 2. The van der Waals surface area contributed by atoms with Gasteiger partial charge in [-0.3, -0.25) is 15.8 Å². The van der Waals surface area contributed by atoms with E-state index < -0.39 is 28.0 Å². The summed E-state index contributed by atoms with van der Waals surface area (Å²) in [5.74, 6) is 5.21. The Morgan fingerprint density at radius 3 is 0.852 bits per heavy atom. The molecule has 5 fully saturated rings. The van der Waals surface area contributed by atoms with Gasteiger partial charge in [0.05, 0.1) is 11.4 Å².